The Bertz CT molecular complexity index is 1410. The lowest BCUT2D eigenvalue weighted by Gasteiger charge is -2.21. The number of hydrogen-bond acceptors (Lipinski definition) is 4. The van der Waals surface area contributed by atoms with Crippen molar-refractivity contribution in [3.63, 3.8) is 0 Å². The Morgan fingerprint density at radius 2 is 1.74 bits per heavy atom. The van der Waals surface area contributed by atoms with Crippen LogP contribution in [0.25, 0.3) is 16.6 Å². The topological polar surface area (TPSA) is 55.4 Å². The molecular weight excluding hydrogens is 490 g/mol. The Kier molecular flexibility index (Phi) is 7.03. The fraction of sp³-hybridized carbons (Fsp3) is 0.296. The Morgan fingerprint density at radius 3 is 2.38 bits per heavy atom. The van der Waals surface area contributed by atoms with Gasteiger partial charge in [0.1, 0.15) is 5.82 Å². The van der Waals surface area contributed by atoms with E-state index < -0.39 is 0 Å². The molecule has 2 heterocycles. The van der Waals surface area contributed by atoms with Crippen LogP contribution in [0, 0.1) is 13.8 Å². The molecule has 0 aliphatic heterocycles. The van der Waals surface area contributed by atoms with Crippen molar-refractivity contribution in [2.45, 2.75) is 41.0 Å². The third-order valence-corrected chi connectivity index (χ3v) is 6.70. The highest BCUT2D eigenvalue weighted by molar-refractivity contribution is 9.10. The number of nitrogens with zero attached hydrogens (tertiary/aromatic N) is 5. The number of benzene rings is 2. The van der Waals surface area contributed by atoms with Crippen LogP contribution in [-0.4, -0.2) is 33.5 Å². The molecule has 176 valence electrons. The summed E-state index contributed by atoms with van der Waals surface area (Å²) < 4.78 is 4.47. The van der Waals surface area contributed by atoms with Gasteiger partial charge in [0, 0.05) is 52.3 Å². The van der Waals surface area contributed by atoms with Gasteiger partial charge in [-0.05, 0) is 76.2 Å². The lowest BCUT2D eigenvalue weighted by atomic mass is 10.2. The zero-order chi connectivity index (χ0) is 24.4. The van der Waals surface area contributed by atoms with E-state index >= 15 is 0 Å². The van der Waals surface area contributed by atoms with Gasteiger partial charge in [-0.15, -0.1) is 0 Å². The Labute approximate surface area is 208 Å². The number of hydrogen-bond donors (Lipinski definition) is 0. The average Bonchev–Trinajstić information content (AvgIpc) is 3.12. The summed E-state index contributed by atoms with van der Waals surface area (Å²) in [6, 6.07) is 16.3. The Hall–Kier alpha value is -3.19. The smallest absolute Gasteiger partial charge is 0.282 e. The van der Waals surface area contributed by atoms with E-state index in [0.29, 0.717) is 23.1 Å². The molecule has 6 nitrogen and oxygen atoms in total. The highest BCUT2D eigenvalue weighted by atomic mass is 79.9. The molecule has 4 rings (SSSR count). The van der Waals surface area contributed by atoms with Crippen molar-refractivity contribution in [1.29, 1.82) is 0 Å². The van der Waals surface area contributed by atoms with Crippen molar-refractivity contribution >= 4 is 38.7 Å². The fourth-order valence-corrected chi connectivity index (χ4v) is 4.74. The van der Waals surface area contributed by atoms with Gasteiger partial charge in [0.25, 0.3) is 5.56 Å². The SMILES string of the molecule is CCc1nc2ccc(Br)cc2c(=O)n1N=Cc1cc(C)n(-c2ccc(N(CC)CC)cc2)c1C. The van der Waals surface area contributed by atoms with E-state index in [1.54, 1.807) is 12.3 Å². The molecule has 0 aliphatic carbocycles. The van der Waals surface area contributed by atoms with Gasteiger partial charge in [0.05, 0.1) is 17.1 Å². The zero-order valence-electron chi connectivity index (χ0n) is 20.3. The van der Waals surface area contributed by atoms with E-state index in [4.69, 9.17) is 0 Å². The van der Waals surface area contributed by atoms with Crippen LogP contribution < -0.4 is 10.5 Å². The molecule has 0 radical (unpaired) electrons. The van der Waals surface area contributed by atoms with Gasteiger partial charge < -0.3 is 9.47 Å². The van der Waals surface area contributed by atoms with E-state index in [0.717, 1.165) is 40.2 Å². The molecule has 7 heteroatoms. The van der Waals surface area contributed by atoms with Gasteiger partial charge in [-0.3, -0.25) is 4.79 Å². The van der Waals surface area contributed by atoms with Crippen molar-refractivity contribution < 1.29 is 0 Å². The maximum atomic E-state index is 13.2. The van der Waals surface area contributed by atoms with E-state index in [2.05, 4.69) is 93.5 Å². The molecule has 0 aliphatic rings. The van der Waals surface area contributed by atoms with E-state index in [-0.39, 0.29) is 5.56 Å². The predicted molar refractivity (Wildman–Crippen MR) is 145 cm³/mol. The first-order valence-electron chi connectivity index (χ1n) is 11.7. The van der Waals surface area contributed by atoms with Crippen molar-refractivity contribution in [1.82, 2.24) is 14.2 Å². The van der Waals surface area contributed by atoms with Crippen LogP contribution in [0.5, 0.6) is 0 Å². The molecule has 0 N–H and O–H groups in total. The molecule has 0 amide bonds. The number of aryl methyl sites for hydroxylation is 2. The minimum atomic E-state index is -0.166. The van der Waals surface area contributed by atoms with E-state index in [1.165, 1.54) is 10.4 Å². The van der Waals surface area contributed by atoms with Crippen LogP contribution >= 0.6 is 15.9 Å². The first kappa shape index (κ1) is 24.0. The summed E-state index contributed by atoms with van der Waals surface area (Å²) in [6.07, 6.45) is 2.37. The highest BCUT2D eigenvalue weighted by Gasteiger charge is 2.12. The summed E-state index contributed by atoms with van der Waals surface area (Å²) in [7, 11) is 0. The summed E-state index contributed by atoms with van der Waals surface area (Å²) >= 11 is 3.45. The summed E-state index contributed by atoms with van der Waals surface area (Å²) in [6.45, 7) is 12.4. The van der Waals surface area contributed by atoms with E-state index in [9.17, 15) is 4.79 Å². The van der Waals surface area contributed by atoms with Gasteiger partial charge in [0.2, 0.25) is 0 Å². The van der Waals surface area contributed by atoms with Crippen LogP contribution in [0.3, 0.4) is 0 Å². The van der Waals surface area contributed by atoms with Crippen LogP contribution in [0.1, 0.15) is 43.5 Å². The first-order chi connectivity index (χ1) is 16.4. The number of rotatable bonds is 7. The normalized spacial score (nSPS) is 11.6. The van der Waals surface area contributed by atoms with Gasteiger partial charge in [0.15, 0.2) is 0 Å². The number of halogens is 1. The summed E-state index contributed by atoms with van der Waals surface area (Å²) in [5.74, 6) is 0.636. The molecule has 0 unspecified atom stereocenters. The maximum Gasteiger partial charge on any atom is 0.282 e. The molecular formula is C27H30BrN5O. The molecule has 0 bridgehead atoms. The second-order valence-corrected chi connectivity index (χ2v) is 9.17. The lowest BCUT2D eigenvalue weighted by molar-refractivity contribution is 0.734. The molecule has 0 saturated heterocycles. The standard InChI is InChI=1S/C27H30BrN5O/c1-6-26-30-25-14-9-21(28)16-24(25)27(34)33(26)29-17-20-15-18(4)32(19(20)5)23-12-10-22(11-13-23)31(7-2)8-3/h9-17H,6-8H2,1-5H3. The molecule has 4 aromatic rings. The predicted octanol–water partition coefficient (Wildman–Crippen LogP) is 5.86. The Balaban J connectivity index is 1.72. The van der Waals surface area contributed by atoms with Crippen LogP contribution in [-0.2, 0) is 6.42 Å². The second kappa shape index (κ2) is 9.97. The highest BCUT2D eigenvalue weighted by Crippen LogP contribution is 2.23. The van der Waals surface area contributed by atoms with Crippen molar-refractivity contribution in [3.05, 3.63) is 86.1 Å². The van der Waals surface area contributed by atoms with Crippen LogP contribution in [0.4, 0.5) is 5.69 Å². The number of anilines is 1. The van der Waals surface area contributed by atoms with Crippen LogP contribution in [0.15, 0.2) is 62.9 Å². The molecule has 0 saturated carbocycles. The third kappa shape index (κ3) is 4.44. The van der Waals surface area contributed by atoms with Crippen LogP contribution in [0.2, 0.25) is 0 Å². The zero-order valence-corrected chi connectivity index (χ0v) is 21.9. The summed E-state index contributed by atoms with van der Waals surface area (Å²) in [5.41, 5.74) is 5.99. The minimum absolute atomic E-state index is 0.166. The van der Waals surface area contributed by atoms with Crippen molar-refractivity contribution in [3.8, 4) is 5.69 Å². The fourth-order valence-electron chi connectivity index (χ4n) is 4.38. The van der Waals surface area contributed by atoms with Gasteiger partial charge in [-0.2, -0.15) is 9.78 Å². The summed E-state index contributed by atoms with van der Waals surface area (Å²) in [4.78, 5) is 20.2. The van der Waals surface area contributed by atoms with Crippen molar-refractivity contribution in [2.24, 2.45) is 5.10 Å². The first-order valence-corrected chi connectivity index (χ1v) is 12.5. The Morgan fingerprint density at radius 1 is 1.03 bits per heavy atom. The number of aromatic nitrogens is 3. The molecule has 0 atom stereocenters. The minimum Gasteiger partial charge on any atom is -0.372 e. The molecule has 2 aromatic carbocycles. The van der Waals surface area contributed by atoms with Gasteiger partial charge in [-0.1, -0.05) is 22.9 Å². The largest absolute Gasteiger partial charge is 0.372 e. The van der Waals surface area contributed by atoms with Crippen molar-refractivity contribution in [2.75, 3.05) is 18.0 Å². The molecule has 2 aromatic heterocycles. The van der Waals surface area contributed by atoms with Gasteiger partial charge >= 0.3 is 0 Å². The third-order valence-electron chi connectivity index (χ3n) is 6.21. The molecule has 0 fully saturated rings. The second-order valence-electron chi connectivity index (χ2n) is 8.26. The lowest BCUT2D eigenvalue weighted by Crippen LogP contribution is -2.22. The quantitative estimate of drug-likeness (QED) is 0.287. The monoisotopic (exact) mass is 519 g/mol. The van der Waals surface area contributed by atoms with E-state index in [1.807, 2.05) is 19.1 Å². The summed E-state index contributed by atoms with van der Waals surface area (Å²) in [5, 5.41) is 5.12. The maximum absolute atomic E-state index is 13.2. The average molecular weight is 520 g/mol. The number of fused-ring (bicyclic) bond motifs is 1. The van der Waals surface area contributed by atoms with Gasteiger partial charge in [-0.25, -0.2) is 4.98 Å². The molecule has 0 spiro atoms. The molecule has 34 heavy (non-hydrogen) atoms.